The van der Waals surface area contributed by atoms with Crippen LogP contribution < -0.4 is 0 Å². The standard InChI is InChI=1S/C11H14/c1-3-4-8-11-9-6-5-7-10(11)2/h1,4,8H,5-7,9H2,2H3/b8-4-. The summed E-state index contributed by atoms with van der Waals surface area (Å²) in [6, 6.07) is 0. The Morgan fingerprint density at radius 2 is 2.09 bits per heavy atom. The first kappa shape index (κ1) is 8.14. The largest absolute Gasteiger partial charge is 0.115 e. The zero-order chi connectivity index (χ0) is 8.10. The molecule has 0 spiro atoms. The zero-order valence-electron chi connectivity index (χ0n) is 7.06. The van der Waals surface area contributed by atoms with E-state index < -0.39 is 0 Å². The molecule has 0 radical (unpaired) electrons. The number of rotatable bonds is 1. The average molecular weight is 146 g/mol. The van der Waals surface area contributed by atoms with Crippen LogP contribution in [0.15, 0.2) is 23.3 Å². The smallest absolute Gasteiger partial charge is 0.0119 e. The van der Waals surface area contributed by atoms with Crippen LogP contribution in [0.1, 0.15) is 32.6 Å². The van der Waals surface area contributed by atoms with Crippen molar-refractivity contribution in [3.05, 3.63) is 23.3 Å². The highest BCUT2D eigenvalue weighted by Crippen LogP contribution is 2.24. The van der Waals surface area contributed by atoms with E-state index in [0.29, 0.717) is 0 Å². The van der Waals surface area contributed by atoms with Crippen LogP contribution in [0.4, 0.5) is 0 Å². The molecule has 0 N–H and O–H groups in total. The van der Waals surface area contributed by atoms with Crippen LogP contribution in [0.2, 0.25) is 0 Å². The first-order valence-electron chi connectivity index (χ1n) is 4.16. The summed E-state index contributed by atoms with van der Waals surface area (Å²) < 4.78 is 0. The molecule has 0 amide bonds. The van der Waals surface area contributed by atoms with E-state index in [2.05, 4.69) is 18.9 Å². The molecule has 1 rings (SSSR count). The van der Waals surface area contributed by atoms with Crippen LogP contribution in [0.5, 0.6) is 0 Å². The van der Waals surface area contributed by atoms with Crippen LogP contribution in [0.25, 0.3) is 0 Å². The Kier molecular flexibility index (Phi) is 2.98. The van der Waals surface area contributed by atoms with E-state index in [0.717, 1.165) is 0 Å². The van der Waals surface area contributed by atoms with Crippen molar-refractivity contribution in [2.45, 2.75) is 32.6 Å². The molecule has 0 unspecified atom stereocenters. The van der Waals surface area contributed by atoms with Crippen molar-refractivity contribution in [1.82, 2.24) is 0 Å². The maximum absolute atomic E-state index is 5.13. The predicted octanol–water partition coefficient (Wildman–Crippen LogP) is 3.07. The molecule has 1 aliphatic carbocycles. The lowest BCUT2D eigenvalue weighted by molar-refractivity contribution is 0.683. The summed E-state index contributed by atoms with van der Waals surface area (Å²) in [7, 11) is 0. The first-order chi connectivity index (χ1) is 5.34. The van der Waals surface area contributed by atoms with Gasteiger partial charge in [-0.1, -0.05) is 17.6 Å². The van der Waals surface area contributed by atoms with Crippen LogP contribution in [0.3, 0.4) is 0 Å². The van der Waals surface area contributed by atoms with Crippen LogP contribution >= 0.6 is 0 Å². The highest BCUT2D eigenvalue weighted by Gasteiger charge is 2.05. The second-order valence-electron chi connectivity index (χ2n) is 3.01. The van der Waals surface area contributed by atoms with E-state index in [-0.39, 0.29) is 0 Å². The second-order valence-corrected chi connectivity index (χ2v) is 3.01. The van der Waals surface area contributed by atoms with Crippen molar-refractivity contribution in [2.75, 3.05) is 0 Å². The average Bonchev–Trinajstić information content (AvgIpc) is 2.03. The molecule has 0 bridgehead atoms. The van der Waals surface area contributed by atoms with Gasteiger partial charge in [0.15, 0.2) is 0 Å². The lowest BCUT2D eigenvalue weighted by Crippen LogP contribution is -1.94. The molecule has 0 aromatic rings. The van der Waals surface area contributed by atoms with Gasteiger partial charge in [0.2, 0.25) is 0 Å². The summed E-state index contributed by atoms with van der Waals surface area (Å²) in [5.41, 5.74) is 2.97. The summed E-state index contributed by atoms with van der Waals surface area (Å²) in [5, 5.41) is 0. The van der Waals surface area contributed by atoms with Crippen LogP contribution in [-0.2, 0) is 0 Å². The van der Waals surface area contributed by atoms with Gasteiger partial charge in [0, 0.05) is 0 Å². The molecule has 0 heteroatoms. The van der Waals surface area contributed by atoms with Crippen LogP contribution in [-0.4, -0.2) is 0 Å². The Labute approximate surface area is 69.0 Å². The van der Waals surface area contributed by atoms with Crippen LogP contribution in [0, 0.1) is 12.3 Å². The molecular weight excluding hydrogens is 132 g/mol. The van der Waals surface area contributed by atoms with Gasteiger partial charge in [-0.25, -0.2) is 0 Å². The van der Waals surface area contributed by atoms with Gasteiger partial charge < -0.3 is 0 Å². The van der Waals surface area contributed by atoms with Crippen molar-refractivity contribution < 1.29 is 0 Å². The molecular formula is C11H14. The fraction of sp³-hybridized carbons (Fsp3) is 0.455. The molecule has 58 valence electrons. The van der Waals surface area contributed by atoms with Gasteiger partial charge in [-0.3, -0.25) is 0 Å². The SMILES string of the molecule is C#C/C=C\C1=C(C)CCCC1. The Morgan fingerprint density at radius 1 is 1.36 bits per heavy atom. The van der Waals surface area contributed by atoms with E-state index in [1.54, 1.807) is 6.08 Å². The maximum atomic E-state index is 5.13. The molecule has 0 saturated carbocycles. The molecule has 0 fully saturated rings. The van der Waals surface area contributed by atoms with Gasteiger partial charge in [-0.15, -0.1) is 6.42 Å². The Balaban J connectivity index is 2.68. The van der Waals surface area contributed by atoms with Gasteiger partial charge in [-0.2, -0.15) is 0 Å². The molecule has 0 nitrogen and oxygen atoms in total. The highest BCUT2D eigenvalue weighted by atomic mass is 14.1. The van der Waals surface area contributed by atoms with E-state index in [4.69, 9.17) is 6.42 Å². The van der Waals surface area contributed by atoms with E-state index in [9.17, 15) is 0 Å². The summed E-state index contributed by atoms with van der Waals surface area (Å²) in [5.74, 6) is 2.52. The minimum atomic E-state index is 1.21. The summed E-state index contributed by atoms with van der Waals surface area (Å²) in [6.45, 7) is 2.20. The van der Waals surface area contributed by atoms with Crippen molar-refractivity contribution in [3.63, 3.8) is 0 Å². The van der Waals surface area contributed by atoms with E-state index >= 15 is 0 Å². The fourth-order valence-electron chi connectivity index (χ4n) is 1.45. The zero-order valence-corrected chi connectivity index (χ0v) is 7.06. The summed E-state index contributed by atoms with van der Waals surface area (Å²) in [4.78, 5) is 0. The molecule has 0 atom stereocenters. The quantitative estimate of drug-likeness (QED) is 0.499. The van der Waals surface area contributed by atoms with Gasteiger partial charge in [0.25, 0.3) is 0 Å². The van der Waals surface area contributed by atoms with Crippen molar-refractivity contribution >= 4 is 0 Å². The third-order valence-electron chi connectivity index (χ3n) is 2.18. The normalized spacial score (nSPS) is 18.9. The first-order valence-corrected chi connectivity index (χ1v) is 4.16. The monoisotopic (exact) mass is 146 g/mol. The molecule has 0 aromatic heterocycles. The topological polar surface area (TPSA) is 0 Å². The molecule has 1 aliphatic rings. The summed E-state index contributed by atoms with van der Waals surface area (Å²) >= 11 is 0. The number of hydrogen-bond donors (Lipinski definition) is 0. The van der Waals surface area contributed by atoms with Gasteiger partial charge in [0.05, 0.1) is 0 Å². The predicted molar refractivity (Wildman–Crippen MR) is 49.1 cm³/mol. The van der Waals surface area contributed by atoms with E-state index in [1.807, 2.05) is 0 Å². The minimum absolute atomic E-state index is 1.21. The minimum Gasteiger partial charge on any atom is -0.115 e. The summed E-state index contributed by atoms with van der Waals surface area (Å²) in [6.07, 6.45) is 14.1. The number of terminal acetylenes is 1. The van der Waals surface area contributed by atoms with Gasteiger partial charge >= 0.3 is 0 Å². The Bertz CT molecular complexity index is 223. The Hall–Kier alpha value is -0.960. The molecule has 0 aliphatic heterocycles. The number of hydrogen-bond acceptors (Lipinski definition) is 0. The van der Waals surface area contributed by atoms with Crippen molar-refractivity contribution in [2.24, 2.45) is 0 Å². The van der Waals surface area contributed by atoms with Crippen molar-refractivity contribution in [1.29, 1.82) is 0 Å². The van der Waals surface area contributed by atoms with Gasteiger partial charge in [0.1, 0.15) is 0 Å². The molecule has 0 saturated heterocycles. The highest BCUT2D eigenvalue weighted by molar-refractivity contribution is 5.29. The maximum Gasteiger partial charge on any atom is -0.0119 e. The Morgan fingerprint density at radius 3 is 2.73 bits per heavy atom. The lowest BCUT2D eigenvalue weighted by Gasteiger charge is -2.13. The fourth-order valence-corrected chi connectivity index (χ4v) is 1.45. The van der Waals surface area contributed by atoms with E-state index in [1.165, 1.54) is 36.8 Å². The number of allylic oxidation sites excluding steroid dienone is 4. The third-order valence-corrected chi connectivity index (χ3v) is 2.18. The molecule has 0 heterocycles. The molecule has 0 aromatic carbocycles. The van der Waals surface area contributed by atoms with Gasteiger partial charge in [-0.05, 0) is 44.3 Å². The third kappa shape index (κ3) is 2.27. The molecule has 11 heavy (non-hydrogen) atoms. The lowest BCUT2D eigenvalue weighted by atomic mass is 9.93. The van der Waals surface area contributed by atoms with Crippen molar-refractivity contribution in [3.8, 4) is 12.3 Å². The second kappa shape index (κ2) is 4.03.